The molecule has 1 aromatic carbocycles. The zero-order chi connectivity index (χ0) is 14.7. The van der Waals surface area contributed by atoms with Crippen LogP contribution in [0.15, 0.2) is 24.3 Å². The minimum absolute atomic E-state index is 0. The summed E-state index contributed by atoms with van der Waals surface area (Å²) in [5, 5.41) is 3.63. The van der Waals surface area contributed by atoms with E-state index >= 15 is 0 Å². The van der Waals surface area contributed by atoms with Crippen molar-refractivity contribution in [3.63, 3.8) is 0 Å². The van der Waals surface area contributed by atoms with E-state index in [-0.39, 0.29) is 30.4 Å². The van der Waals surface area contributed by atoms with E-state index in [1.54, 1.807) is 0 Å². The van der Waals surface area contributed by atoms with Crippen LogP contribution in [0, 0.1) is 0 Å². The summed E-state index contributed by atoms with van der Waals surface area (Å²) in [6.45, 7) is 3.34. The molecular formula is C18H29Cl2N3. The molecule has 1 fully saturated rings. The third-order valence-corrected chi connectivity index (χ3v) is 5.00. The Morgan fingerprint density at radius 2 is 1.83 bits per heavy atom. The molecule has 130 valence electrons. The van der Waals surface area contributed by atoms with Crippen molar-refractivity contribution >= 4 is 35.8 Å². The van der Waals surface area contributed by atoms with E-state index in [1.807, 2.05) is 0 Å². The Balaban J connectivity index is 0.00000132. The molecule has 5 heteroatoms. The molecule has 1 aliphatic rings. The molecule has 2 aromatic rings. The van der Waals surface area contributed by atoms with Crippen LogP contribution >= 0.6 is 24.8 Å². The lowest BCUT2D eigenvalue weighted by molar-refractivity contribution is 0.229. The highest BCUT2D eigenvalue weighted by molar-refractivity contribution is 5.85. The van der Waals surface area contributed by atoms with Crippen LogP contribution in [0.25, 0.3) is 11.0 Å². The van der Waals surface area contributed by atoms with E-state index in [9.17, 15) is 0 Å². The van der Waals surface area contributed by atoms with Crippen LogP contribution in [0.1, 0.15) is 57.7 Å². The fourth-order valence-electron chi connectivity index (χ4n) is 3.72. The highest BCUT2D eigenvalue weighted by atomic mass is 35.5. The van der Waals surface area contributed by atoms with Gasteiger partial charge >= 0.3 is 0 Å². The van der Waals surface area contributed by atoms with Crippen LogP contribution in [0.5, 0.6) is 0 Å². The van der Waals surface area contributed by atoms with Gasteiger partial charge in [0.1, 0.15) is 5.82 Å². The maximum absolute atomic E-state index is 5.03. The molecule has 23 heavy (non-hydrogen) atoms. The van der Waals surface area contributed by atoms with Crippen molar-refractivity contribution in [2.24, 2.45) is 0 Å². The summed E-state index contributed by atoms with van der Waals surface area (Å²) in [5.41, 5.74) is 2.51. The smallest absolute Gasteiger partial charge is 0.130 e. The molecule has 0 atom stereocenters. The number of rotatable bonds is 5. The first-order valence-electron chi connectivity index (χ1n) is 8.45. The van der Waals surface area contributed by atoms with Gasteiger partial charge in [0.25, 0.3) is 0 Å². The molecule has 0 saturated heterocycles. The van der Waals surface area contributed by atoms with Gasteiger partial charge in [-0.1, -0.05) is 44.7 Å². The Morgan fingerprint density at radius 3 is 2.48 bits per heavy atom. The number of nitrogens with zero attached hydrogens (tertiary/aromatic N) is 2. The zero-order valence-electron chi connectivity index (χ0n) is 14.2. The standard InChI is InChI=1S/C18H27N3.2ClH/c1-3-4-14-21-16-11-7-6-10-15(16)20-17(21)18(19-2)12-8-5-9-13-18;;/h6-7,10-11,19H,3-5,8-9,12-14H2,1-2H3;2*1H. The average molecular weight is 358 g/mol. The van der Waals surface area contributed by atoms with E-state index in [0.717, 1.165) is 12.1 Å². The maximum Gasteiger partial charge on any atom is 0.130 e. The largest absolute Gasteiger partial charge is 0.326 e. The predicted octanol–water partition coefficient (Wildman–Crippen LogP) is 5.06. The zero-order valence-corrected chi connectivity index (χ0v) is 15.8. The third-order valence-electron chi connectivity index (χ3n) is 5.00. The Bertz CT molecular complexity index is 603. The number of hydrogen-bond donors (Lipinski definition) is 1. The molecule has 0 spiro atoms. The van der Waals surface area contributed by atoms with Crippen molar-refractivity contribution in [3.05, 3.63) is 30.1 Å². The molecule has 0 radical (unpaired) electrons. The summed E-state index contributed by atoms with van der Waals surface area (Å²) in [5.74, 6) is 1.26. The third kappa shape index (κ3) is 3.84. The molecule has 3 nitrogen and oxygen atoms in total. The van der Waals surface area contributed by atoms with Crippen molar-refractivity contribution < 1.29 is 0 Å². The number of aromatic nitrogens is 2. The number of aryl methyl sites for hydroxylation is 1. The molecule has 1 saturated carbocycles. The van der Waals surface area contributed by atoms with Gasteiger partial charge in [-0.25, -0.2) is 4.98 Å². The van der Waals surface area contributed by atoms with Crippen LogP contribution < -0.4 is 5.32 Å². The molecule has 1 heterocycles. The van der Waals surface area contributed by atoms with Crippen LogP contribution in [0.4, 0.5) is 0 Å². The number of fused-ring (bicyclic) bond motifs is 1. The Kier molecular flexibility index (Phi) is 7.85. The topological polar surface area (TPSA) is 29.9 Å². The van der Waals surface area contributed by atoms with Gasteiger partial charge in [0.15, 0.2) is 0 Å². The monoisotopic (exact) mass is 357 g/mol. The van der Waals surface area contributed by atoms with Gasteiger partial charge in [0.2, 0.25) is 0 Å². The molecule has 1 aromatic heterocycles. The van der Waals surface area contributed by atoms with Crippen molar-refractivity contribution in [2.45, 2.75) is 64.0 Å². The van der Waals surface area contributed by atoms with Gasteiger partial charge in [0.05, 0.1) is 16.6 Å². The molecular weight excluding hydrogens is 329 g/mol. The first-order valence-corrected chi connectivity index (χ1v) is 8.45. The number of unbranched alkanes of at least 4 members (excludes halogenated alkanes) is 1. The van der Waals surface area contributed by atoms with Crippen LogP contribution in [0.2, 0.25) is 0 Å². The average Bonchev–Trinajstić information content (AvgIpc) is 2.93. The first kappa shape index (κ1) is 20.3. The Morgan fingerprint density at radius 1 is 1.13 bits per heavy atom. The number of imidazole rings is 1. The van der Waals surface area contributed by atoms with Crippen molar-refractivity contribution in [1.82, 2.24) is 14.9 Å². The number of para-hydroxylation sites is 2. The van der Waals surface area contributed by atoms with E-state index in [1.165, 1.54) is 56.3 Å². The lowest BCUT2D eigenvalue weighted by Gasteiger charge is -2.37. The number of nitrogens with one attached hydrogen (secondary N) is 1. The molecule has 0 unspecified atom stereocenters. The minimum Gasteiger partial charge on any atom is -0.326 e. The fraction of sp³-hybridized carbons (Fsp3) is 0.611. The number of hydrogen-bond acceptors (Lipinski definition) is 2. The first-order chi connectivity index (χ1) is 10.3. The SMILES string of the molecule is CCCCn1c(C2(NC)CCCCC2)nc2ccccc21.Cl.Cl. The van der Waals surface area contributed by atoms with E-state index in [4.69, 9.17) is 4.98 Å². The lowest BCUT2D eigenvalue weighted by atomic mass is 9.81. The Hall–Kier alpha value is -0.770. The van der Waals surface area contributed by atoms with E-state index in [0.29, 0.717) is 0 Å². The molecule has 1 N–H and O–H groups in total. The normalized spacial score (nSPS) is 16.6. The molecule has 1 aliphatic carbocycles. The highest BCUT2D eigenvalue weighted by Gasteiger charge is 2.36. The summed E-state index contributed by atoms with van der Waals surface area (Å²) in [4.78, 5) is 5.03. The summed E-state index contributed by atoms with van der Waals surface area (Å²) in [6.07, 6.45) is 8.82. The minimum atomic E-state index is 0. The quantitative estimate of drug-likeness (QED) is 0.810. The summed E-state index contributed by atoms with van der Waals surface area (Å²) >= 11 is 0. The van der Waals surface area contributed by atoms with E-state index in [2.05, 4.69) is 48.1 Å². The Labute approximate surface area is 152 Å². The van der Waals surface area contributed by atoms with Gasteiger partial charge in [-0.2, -0.15) is 0 Å². The number of halogens is 2. The van der Waals surface area contributed by atoms with E-state index < -0.39 is 0 Å². The van der Waals surface area contributed by atoms with Gasteiger partial charge in [-0.15, -0.1) is 24.8 Å². The van der Waals surface area contributed by atoms with Crippen LogP contribution in [-0.4, -0.2) is 16.6 Å². The van der Waals surface area contributed by atoms with Gasteiger partial charge < -0.3 is 9.88 Å². The van der Waals surface area contributed by atoms with Gasteiger partial charge in [-0.05, 0) is 38.4 Å². The van der Waals surface area contributed by atoms with Crippen LogP contribution in [0.3, 0.4) is 0 Å². The molecule has 0 aliphatic heterocycles. The highest BCUT2D eigenvalue weighted by Crippen LogP contribution is 2.37. The summed E-state index contributed by atoms with van der Waals surface area (Å²) < 4.78 is 2.47. The molecule has 0 bridgehead atoms. The maximum atomic E-state index is 5.03. The lowest BCUT2D eigenvalue weighted by Crippen LogP contribution is -2.44. The van der Waals surface area contributed by atoms with Gasteiger partial charge in [-0.3, -0.25) is 0 Å². The second-order valence-electron chi connectivity index (χ2n) is 6.32. The second-order valence-corrected chi connectivity index (χ2v) is 6.32. The van der Waals surface area contributed by atoms with Crippen molar-refractivity contribution in [2.75, 3.05) is 7.05 Å². The second kappa shape index (κ2) is 8.91. The van der Waals surface area contributed by atoms with Crippen LogP contribution in [-0.2, 0) is 12.1 Å². The molecule has 0 amide bonds. The predicted molar refractivity (Wildman–Crippen MR) is 103 cm³/mol. The summed E-state index contributed by atoms with van der Waals surface area (Å²) in [7, 11) is 2.11. The fourth-order valence-corrected chi connectivity index (χ4v) is 3.72. The van der Waals surface area contributed by atoms with Gasteiger partial charge in [0, 0.05) is 6.54 Å². The van der Waals surface area contributed by atoms with Crippen molar-refractivity contribution in [3.8, 4) is 0 Å². The summed E-state index contributed by atoms with van der Waals surface area (Å²) in [6, 6.07) is 8.58. The number of benzene rings is 1. The van der Waals surface area contributed by atoms with Crippen molar-refractivity contribution in [1.29, 1.82) is 0 Å². The molecule has 3 rings (SSSR count).